The Morgan fingerprint density at radius 1 is 1.37 bits per heavy atom. The van der Waals surface area contributed by atoms with Crippen LogP contribution >= 0.6 is 0 Å². The number of benzene rings is 1. The van der Waals surface area contributed by atoms with Crippen molar-refractivity contribution in [3.63, 3.8) is 0 Å². The van der Waals surface area contributed by atoms with Crippen molar-refractivity contribution < 1.29 is 4.79 Å². The summed E-state index contributed by atoms with van der Waals surface area (Å²) in [6.07, 6.45) is 5.25. The molecule has 2 heterocycles. The van der Waals surface area contributed by atoms with Crippen molar-refractivity contribution in [2.24, 2.45) is 0 Å². The van der Waals surface area contributed by atoms with Gasteiger partial charge in [-0.05, 0) is 44.4 Å². The van der Waals surface area contributed by atoms with Crippen LogP contribution in [0.4, 0.5) is 5.69 Å². The fourth-order valence-corrected chi connectivity index (χ4v) is 3.35. The first-order chi connectivity index (χ1) is 9.25. The highest BCUT2D eigenvalue weighted by Gasteiger charge is 2.31. The molecule has 1 N–H and O–H groups in total. The van der Waals surface area contributed by atoms with Crippen LogP contribution < -0.4 is 10.2 Å². The van der Waals surface area contributed by atoms with E-state index in [1.54, 1.807) is 0 Å². The van der Waals surface area contributed by atoms with Gasteiger partial charge in [-0.1, -0.05) is 24.6 Å². The van der Waals surface area contributed by atoms with Crippen LogP contribution in [0.3, 0.4) is 0 Å². The summed E-state index contributed by atoms with van der Waals surface area (Å²) in [4.78, 5) is 14.6. The van der Waals surface area contributed by atoms with Crippen LogP contribution in [0.2, 0.25) is 0 Å². The number of piperidine rings is 1. The lowest BCUT2D eigenvalue weighted by Gasteiger charge is -2.28. The second-order valence-electron chi connectivity index (χ2n) is 5.80. The lowest BCUT2D eigenvalue weighted by Crippen LogP contribution is -2.42. The van der Waals surface area contributed by atoms with E-state index in [0.717, 1.165) is 25.1 Å². The van der Waals surface area contributed by atoms with Gasteiger partial charge in [0.15, 0.2) is 0 Å². The highest BCUT2D eigenvalue weighted by Crippen LogP contribution is 2.32. The van der Waals surface area contributed by atoms with Gasteiger partial charge >= 0.3 is 0 Å². The Morgan fingerprint density at radius 2 is 2.21 bits per heavy atom. The molecule has 1 saturated heterocycles. The van der Waals surface area contributed by atoms with Gasteiger partial charge < -0.3 is 10.2 Å². The number of hydrogen-bond acceptors (Lipinski definition) is 2. The van der Waals surface area contributed by atoms with E-state index in [1.165, 1.54) is 18.4 Å². The van der Waals surface area contributed by atoms with E-state index >= 15 is 0 Å². The molecule has 102 valence electrons. The molecule has 1 aromatic carbocycles. The summed E-state index contributed by atoms with van der Waals surface area (Å²) in [5.41, 5.74) is 2.43. The van der Waals surface area contributed by atoms with E-state index in [-0.39, 0.29) is 5.91 Å². The maximum absolute atomic E-state index is 12.6. The maximum Gasteiger partial charge on any atom is 0.228 e. The lowest BCUT2D eigenvalue weighted by molar-refractivity contribution is -0.119. The molecule has 0 spiro atoms. The van der Waals surface area contributed by atoms with Gasteiger partial charge in [-0.25, -0.2) is 0 Å². The summed E-state index contributed by atoms with van der Waals surface area (Å²) in [5, 5.41) is 3.46. The molecule has 0 saturated carbocycles. The number of anilines is 1. The van der Waals surface area contributed by atoms with E-state index in [2.05, 4.69) is 30.4 Å². The second-order valence-corrected chi connectivity index (χ2v) is 5.80. The minimum absolute atomic E-state index is 0.275. The number of nitrogens with one attached hydrogen (secondary N) is 1. The van der Waals surface area contributed by atoms with Crippen molar-refractivity contribution in [3.05, 3.63) is 29.8 Å². The maximum atomic E-state index is 12.6. The molecule has 1 amide bonds. The average molecular weight is 258 g/mol. The monoisotopic (exact) mass is 258 g/mol. The van der Waals surface area contributed by atoms with Crippen LogP contribution in [0.1, 0.15) is 38.2 Å². The summed E-state index contributed by atoms with van der Waals surface area (Å²) in [6, 6.07) is 8.97. The topological polar surface area (TPSA) is 32.3 Å². The van der Waals surface area contributed by atoms with Crippen LogP contribution in [-0.2, 0) is 11.2 Å². The molecule has 3 nitrogen and oxygen atoms in total. The Hall–Kier alpha value is -1.35. The predicted molar refractivity (Wildman–Crippen MR) is 77.4 cm³/mol. The third kappa shape index (κ3) is 2.52. The molecule has 0 radical (unpaired) electrons. The summed E-state index contributed by atoms with van der Waals surface area (Å²) in [7, 11) is 0. The Labute approximate surface area is 115 Å². The number of carbonyl (C=O) groups is 1. The zero-order valence-corrected chi connectivity index (χ0v) is 11.6. The molecule has 0 bridgehead atoms. The first-order valence-electron chi connectivity index (χ1n) is 7.39. The van der Waals surface area contributed by atoms with E-state index in [1.807, 2.05) is 11.0 Å². The Balaban J connectivity index is 1.72. The predicted octanol–water partition coefficient (Wildman–Crippen LogP) is 2.50. The van der Waals surface area contributed by atoms with Crippen molar-refractivity contribution in [3.8, 4) is 0 Å². The van der Waals surface area contributed by atoms with E-state index < -0.39 is 0 Å². The third-order valence-corrected chi connectivity index (χ3v) is 4.31. The molecule has 1 aromatic rings. The number of amides is 1. The molecule has 0 aliphatic carbocycles. The molecule has 1 fully saturated rings. The number of carbonyl (C=O) groups excluding carboxylic acids is 1. The zero-order valence-electron chi connectivity index (χ0n) is 11.6. The first kappa shape index (κ1) is 12.7. The second kappa shape index (κ2) is 5.33. The summed E-state index contributed by atoms with van der Waals surface area (Å²) >= 11 is 0. The fourth-order valence-electron chi connectivity index (χ4n) is 3.35. The Morgan fingerprint density at radius 3 is 3.00 bits per heavy atom. The van der Waals surface area contributed by atoms with Crippen LogP contribution in [0.5, 0.6) is 0 Å². The zero-order chi connectivity index (χ0) is 13.2. The van der Waals surface area contributed by atoms with Crippen molar-refractivity contribution in [2.45, 2.75) is 51.1 Å². The fraction of sp³-hybridized carbons (Fsp3) is 0.562. The van der Waals surface area contributed by atoms with Crippen LogP contribution in [0.25, 0.3) is 0 Å². The van der Waals surface area contributed by atoms with Crippen LogP contribution in [-0.4, -0.2) is 24.5 Å². The van der Waals surface area contributed by atoms with E-state index in [9.17, 15) is 4.79 Å². The molecular weight excluding hydrogens is 236 g/mol. The SMILES string of the molecule is CC1Cc2ccccc2N1C(=O)CC1CCCCN1. The number of nitrogens with zero attached hydrogens (tertiary/aromatic N) is 1. The molecule has 0 aromatic heterocycles. The molecule has 19 heavy (non-hydrogen) atoms. The molecule has 2 aliphatic rings. The number of fused-ring (bicyclic) bond motifs is 1. The van der Waals surface area contributed by atoms with Gasteiger partial charge in [0.25, 0.3) is 0 Å². The van der Waals surface area contributed by atoms with Gasteiger partial charge in [-0.2, -0.15) is 0 Å². The van der Waals surface area contributed by atoms with Gasteiger partial charge in [0.05, 0.1) is 0 Å². The summed E-state index contributed by atoms with van der Waals surface area (Å²) < 4.78 is 0. The third-order valence-electron chi connectivity index (χ3n) is 4.31. The highest BCUT2D eigenvalue weighted by atomic mass is 16.2. The number of para-hydroxylation sites is 1. The van der Waals surface area contributed by atoms with Crippen molar-refractivity contribution >= 4 is 11.6 Å². The summed E-state index contributed by atoms with van der Waals surface area (Å²) in [5.74, 6) is 0.275. The van der Waals surface area contributed by atoms with Crippen molar-refractivity contribution in [2.75, 3.05) is 11.4 Å². The van der Waals surface area contributed by atoms with Gasteiger partial charge in [0.2, 0.25) is 5.91 Å². The number of hydrogen-bond donors (Lipinski definition) is 1. The van der Waals surface area contributed by atoms with Crippen molar-refractivity contribution in [1.82, 2.24) is 5.32 Å². The molecule has 3 rings (SSSR count). The molecule has 2 aliphatic heterocycles. The largest absolute Gasteiger partial charge is 0.313 e. The van der Waals surface area contributed by atoms with Gasteiger partial charge in [-0.3, -0.25) is 4.79 Å². The molecule has 2 unspecified atom stereocenters. The molecule has 3 heteroatoms. The lowest BCUT2D eigenvalue weighted by atomic mass is 10.0. The van der Waals surface area contributed by atoms with Crippen LogP contribution in [0, 0.1) is 0 Å². The van der Waals surface area contributed by atoms with E-state index in [4.69, 9.17) is 0 Å². The standard InChI is InChI=1S/C16H22N2O/c1-12-10-13-6-2-3-8-15(13)18(12)16(19)11-14-7-4-5-9-17-14/h2-3,6,8,12,14,17H,4-5,7,9-11H2,1H3. The first-order valence-corrected chi connectivity index (χ1v) is 7.39. The minimum atomic E-state index is 0.275. The minimum Gasteiger partial charge on any atom is -0.313 e. The van der Waals surface area contributed by atoms with E-state index in [0.29, 0.717) is 18.5 Å². The van der Waals surface area contributed by atoms with Gasteiger partial charge in [-0.15, -0.1) is 0 Å². The molecular formula is C16H22N2O. The number of rotatable bonds is 2. The Bertz CT molecular complexity index is 466. The quantitative estimate of drug-likeness (QED) is 0.884. The van der Waals surface area contributed by atoms with Gasteiger partial charge in [0.1, 0.15) is 0 Å². The summed E-state index contributed by atoms with van der Waals surface area (Å²) in [6.45, 7) is 3.20. The molecule has 2 atom stereocenters. The average Bonchev–Trinajstić information content (AvgIpc) is 2.75. The Kier molecular flexibility index (Phi) is 3.56. The van der Waals surface area contributed by atoms with Crippen molar-refractivity contribution in [1.29, 1.82) is 0 Å². The smallest absolute Gasteiger partial charge is 0.228 e. The van der Waals surface area contributed by atoms with Crippen LogP contribution in [0.15, 0.2) is 24.3 Å². The normalized spacial score (nSPS) is 26.3. The van der Waals surface area contributed by atoms with Gasteiger partial charge in [0, 0.05) is 24.2 Å². The highest BCUT2D eigenvalue weighted by molar-refractivity contribution is 5.96.